The minimum atomic E-state index is -0.491. The van der Waals surface area contributed by atoms with Gasteiger partial charge in [-0.15, -0.1) is 0 Å². The Balaban J connectivity index is 1.81. The first-order valence-corrected chi connectivity index (χ1v) is 7.92. The first kappa shape index (κ1) is 16.0. The van der Waals surface area contributed by atoms with Crippen LogP contribution in [0.4, 0.5) is 14.6 Å². The maximum absolute atomic E-state index is 13.4. The van der Waals surface area contributed by atoms with Crippen LogP contribution in [0.3, 0.4) is 0 Å². The lowest BCUT2D eigenvalue weighted by atomic mass is 10.1. The molecule has 0 saturated heterocycles. The van der Waals surface area contributed by atoms with Crippen molar-refractivity contribution in [3.05, 3.63) is 90.1 Å². The highest BCUT2D eigenvalue weighted by Crippen LogP contribution is 2.29. The zero-order valence-corrected chi connectivity index (χ0v) is 13.5. The largest absolute Gasteiger partial charge is 0.306 e. The van der Waals surface area contributed by atoms with Gasteiger partial charge in [-0.05, 0) is 54.6 Å². The van der Waals surface area contributed by atoms with E-state index in [0.29, 0.717) is 22.7 Å². The molecule has 4 rings (SSSR count). The van der Waals surface area contributed by atoms with Crippen LogP contribution in [-0.2, 0) is 0 Å². The molecule has 0 radical (unpaired) electrons. The number of anilines is 1. The molecule has 0 aliphatic rings. The Hall–Kier alpha value is -3.54. The number of imidazole rings is 1. The third-order valence-electron chi connectivity index (χ3n) is 3.97. The van der Waals surface area contributed by atoms with Crippen molar-refractivity contribution < 1.29 is 13.6 Å². The van der Waals surface area contributed by atoms with E-state index in [1.165, 1.54) is 30.3 Å². The molecular formula is C20H13F2N3O. The zero-order valence-electron chi connectivity index (χ0n) is 13.5. The van der Waals surface area contributed by atoms with E-state index in [0.717, 1.165) is 6.07 Å². The SMILES string of the molecule is O=C(Nc1c(-c2ccc(F)cc2)nc2ccccn12)c1cccc(F)c1. The molecule has 0 unspecified atom stereocenters. The number of pyridine rings is 1. The Morgan fingerprint density at radius 3 is 2.50 bits per heavy atom. The molecule has 2 heterocycles. The highest BCUT2D eigenvalue weighted by atomic mass is 19.1. The molecule has 4 aromatic rings. The number of aromatic nitrogens is 2. The topological polar surface area (TPSA) is 46.4 Å². The number of hydrogen-bond acceptors (Lipinski definition) is 2. The molecule has 6 heteroatoms. The molecule has 0 bridgehead atoms. The number of hydrogen-bond donors (Lipinski definition) is 1. The van der Waals surface area contributed by atoms with Crippen molar-refractivity contribution in [1.29, 1.82) is 0 Å². The summed E-state index contributed by atoms with van der Waals surface area (Å²) in [6.07, 6.45) is 1.76. The maximum Gasteiger partial charge on any atom is 0.256 e. The standard InChI is InChI=1S/C20H13F2N3O/c21-15-9-7-13(8-10-15)18-19(25-11-2-1-6-17(25)23-18)24-20(26)14-4-3-5-16(22)12-14/h1-12H,(H,24,26). The highest BCUT2D eigenvalue weighted by molar-refractivity contribution is 6.05. The molecule has 2 aromatic carbocycles. The van der Waals surface area contributed by atoms with Crippen molar-refractivity contribution in [3.8, 4) is 11.3 Å². The summed E-state index contributed by atoms with van der Waals surface area (Å²) < 4.78 is 28.4. The van der Waals surface area contributed by atoms with E-state index in [1.807, 2.05) is 6.07 Å². The van der Waals surface area contributed by atoms with E-state index in [1.54, 1.807) is 34.9 Å². The summed E-state index contributed by atoms with van der Waals surface area (Å²) in [7, 11) is 0. The van der Waals surface area contributed by atoms with Crippen molar-refractivity contribution in [2.24, 2.45) is 0 Å². The lowest BCUT2D eigenvalue weighted by Crippen LogP contribution is -2.14. The van der Waals surface area contributed by atoms with Crippen molar-refractivity contribution in [2.75, 3.05) is 5.32 Å². The van der Waals surface area contributed by atoms with E-state index >= 15 is 0 Å². The summed E-state index contributed by atoms with van der Waals surface area (Å²) in [5.74, 6) is -0.877. The van der Waals surface area contributed by atoms with E-state index < -0.39 is 11.7 Å². The fourth-order valence-electron chi connectivity index (χ4n) is 2.73. The van der Waals surface area contributed by atoms with Crippen molar-refractivity contribution in [2.45, 2.75) is 0 Å². The van der Waals surface area contributed by atoms with E-state index in [4.69, 9.17) is 0 Å². The lowest BCUT2D eigenvalue weighted by Gasteiger charge is -2.08. The first-order chi connectivity index (χ1) is 12.6. The van der Waals surface area contributed by atoms with Gasteiger partial charge in [0.25, 0.3) is 5.91 Å². The highest BCUT2D eigenvalue weighted by Gasteiger charge is 2.17. The van der Waals surface area contributed by atoms with Crippen molar-refractivity contribution in [3.63, 3.8) is 0 Å². The number of nitrogens with zero attached hydrogens (tertiary/aromatic N) is 2. The molecule has 4 nitrogen and oxygen atoms in total. The van der Waals surface area contributed by atoms with Gasteiger partial charge in [0, 0.05) is 17.3 Å². The average molecular weight is 349 g/mol. The van der Waals surface area contributed by atoms with Crippen LogP contribution in [0.25, 0.3) is 16.9 Å². The summed E-state index contributed by atoms with van der Waals surface area (Å²) in [6.45, 7) is 0. The normalized spacial score (nSPS) is 10.8. The summed E-state index contributed by atoms with van der Waals surface area (Å²) in [4.78, 5) is 17.1. The van der Waals surface area contributed by atoms with Crippen LogP contribution in [0.15, 0.2) is 72.9 Å². The molecule has 128 valence electrons. The fraction of sp³-hybridized carbons (Fsp3) is 0. The van der Waals surface area contributed by atoms with Crippen LogP contribution in [-0.4, -0.2) is 15.3 Å². The molecule has 0 fully saturated rings. The molecular weight excluding hydrogens is 336 g/mol. The van der Waals surface area contributed by atoms with Crippen LogP contribution >= 0.6 is 0 Å². The Morgan fingerprint density at radius 1 is 0.923 bits per heavy atom. The molecule has 1 N–H and O–H groups in total. The minimum absolute atomic E-state index is 0.195. The van der Waals surface area contributed by atoms with Gasteiger partial charge in [-0.3, -0.25) is 9.20 Å². The monoisotopic (exact) mass is 349 g/mol. The molecule has 0 atom stereocenters. The van der Waals surface area contributed by atoms with E-state index in [2.05, 4.69) is 10.3 Å². The smallest absolute Gasteiger partial charge is 0.256 e. The van der Waals surface area contributed by atoms with Crippen LogP contribution in [0.1, 0.15) is 10.4 Å². The Labute approximate surface area is 147 Å². The number of fused-ring (bicyclic) bond motifs is 1. The number of rotatable bonds is 3. The quantitative estimate of drug-likeness (QED) is 0.591. The molecule has 0 saturated carbocycles. The van der Waals surface area contributed by atoms with Gasteiger partial charge in [-0.1, -0.05) is 12.1 Å². The van der Waals surface area contributed by atoms with Crippen LogP contribution in [0.5, 0.6) is 0 Å². The minimum Gasteiger partial charge on any atom is -0.306 e. The number of halogens is 2. The molecule has 0 spiro atoms. The Morgan fingerprint density at radius 2 is 1.73 bits per heavy atom. The van der Waals surface area contributed by atoms with Crippen molar-refractivity contribution in [1.82, 2.24) is 9.38 Å². The maximum atomic E-state index is 13.4. The number of nitrogens with one attached hydrogen (secondary N) is 1. The molecule has 26 heavy (non-hydrogen) atoms. The second-order valence-corrected chi connectivity index (χ2v) is 5.71. The van der Waals surface area contributed by atoms with Crippen molar-refractivity contribution >= 4 is 17.4 Å². The number of carbonyl (C=O) groups is 1. The van der Waals surface area contributed by atoms with Gasteiger partial charge in [-0.25, -0.2) is 13.8 Å². The fourth-order valence-corrected chi connectivity index (χ4v) is 2.73. The van der Waals surface area contributed by atoms with Gasteiger partial charge < -0.3 is 5.32 Å². The second-order valence-electron chi connectivity index (χ2n) is 5.71. The van der Waals surface area contributed by atoms with Gasteiger partial charge in [0.15, 0.2) is 0 Å². The molecule has 1 amide bonds. The van der Waals surface area contributed by atoms with Crippen LogP contribution < -0.4 is 5.32 Å². The predicted molar refractivity (Wildman–Crippen MR) is 94.9 cm³/mol. The average Bonchev–Trinajstić information content (AvgIpc) is 3.01. The number of carbonyl (C=O) groups excluding carboxylic acids is 1. The van der Waals surface area contributed by atoms with E-state index in [9.17, 15) is 13.6 Å². The van der Waals surface area contributed by atoms with E-state index in [-0.39, 0.29) is 11.4 Å². The van der Waals surface area contributed by atoms with Gasteiger partial charge in [-0.2, -0.15) is 0 Å². The van der Waals surface area contributed by atoms with Gasteiger partial charge in [0.2, 0.25) is 0 Å². The number of benzene rings is 2. The Bertz CT molecular complexity index is 1100. The molecule has 0 aliphatic heterocycles. The summed E-state index contributed by atoms with van der Waals surface area (Å²) in [5, 5.41) is 2.79. The first-order valence-electron chi connectivity index (χ1n) is 7.92. The predicted octanol–water partition coefficient (Wildman–Crippen LogP) is 4.53. The summed E-state index contributed by atoms with van der Waals surface area (Å²) >= 11 is 0. The van der Waals surface area contributed by atoms with Crippen LogP contribution in [0.2, 0.25) is 0 Å². The third-order valence-corrected chi connectivity index (χ3v) is 3.97. The van der Waals surface area contributed by atoms with Gasteiger partial charge in [0.05, 0.1) is 0 Å². The summed E-state index contributed by atoms with van der Waals surface area (Å²) in [5.41, 5.74) is 1.98. The lowest BCUT2D eigenvalue weighted by molar-refractivity contribution is 0.102. The Kier molecular flexibility index (Phi) is 3.93. The van der Waals surface area contributed by atoms with Gasteiger partial charge in [0.1, 0.15) is 28.8 Å². The molecule has 2 aromatic heterocycles. The zero-order chi connectivity index (χ0) is 18.1. The molecule has 0 aliphatic carbocycles. The van der Waals surface area contributed by atoms with Crippen LogP contribution in [0, 0.1) is 11.6 Å². The number of amides is 1. The summed E-state index contributed by atoms with van der Waals surface area (Å²) in [6, 6.07) is 16.7. The third kappa shape index (κ3) is 2.93. The second kappa shape index (κ2) is 6.40. The van der Waals surface area contributed by atoms with Gasteiger partial charge >= 0.3 is 0 Å².